The van der Waals surface area contributed by atoms with E-state index in [-0.39, 0.29) is 17.9 Å². The highest BCUT2D eigenvalue weighted by atomic mass is 16.2. The maximum Gasteiger partial charge on any atom is 0.238 e. The van der Waals surface area contributed by atoms with Crippen molar-refractivity contribution in [3.63, 3.8) is 0 Å². The van der Waals surface area contributed by atoms with Crippen LogP contribution in [0.3, 0.4) is 0 Å². The Morgan fingerprint density at radius 1 is 1.48 bits per heavy atom. The fraction of sp³-hybridized carbons (Fsp3) is 0.667. The molecule has 0 spiro atoms. The molecule has 1 atom stereocenters. The number of amides is 1. The lowest BCUT2D eigenvalue weighted by Crippen LogP contribution is -2.57. The average molecular weight is 294 g/mol. The topological polar surface area (TPSA) is 112 Å². The first-order valence-electron chi connectivity index (χ1n) is 6.85. The van der Waals surface area contributed by atoms with Gasteiger partial charge < -0.3 is 21.3 Å². The molecule has 1 saturated heterocycles. The Hall–Kier alpha value is -2.00. The number of aromatic nitrogens is 3. The summed E-state index contributed by atoms with van der Waals surface area (Å²) in [5.41, 5.74) is 5.72. The molecule has 1 aliphatic heterocycles. The van der Waals surface area contributed by atoms with Crippen LogP contribution >= 0.6 is 0 Å². The van der Waals surface area contributed by atoms with Crippen molar-refractivity contribution in [2.45, 2.75) is 12.6 Å². The third-order valence-corrected chi connectivity index (χ3v) is 3.34. The predicted octanol–water partition coefficient (Wildman–Crippen LogP) is -1.96. The Balaban J connectivity index is 2.17. The van der Waals surface area contributed by atoms with Crippen molar-refractivity contribution >= 4 is 17.8 Å². The molecule has 1 aromatic heterocycles. The van der Waals surface area contributed by atoms with Gasteiger partial charge in [-0.2, -0.15) is 15.0 Å². The lowest BCUT2D eigenvalue weighted by atomic mass is 10.1. The predicted molar refractivity (Wildman–Crippen MR) is 79.7 cm³/mol. The van der Waals surface area contributed by atoms with Gasteiger partial charge in [-0.3, -0.25) is 9.69 Å². The van der Waals surface area contributed by atoms with Crippen molar-refractivity contribution in [2.24, 2.45) is 0 Å². The Bertz CT molecular complexity index is 506. The molecule has 1 aliphatic rings. The first kappa shape index (κ1) is 15.4. The first-order chi connectivity index (χ1) is 10.0. The van der Waals surface area contributed by atoms with E-state index >= 15 is 0 Å². The van der Waals surface area contributed by atoms with Gasteiger partial charge in [0, 0.05) is 40.8 Å². The van der Waals surface area contributed by atoms with Crippen molar-refractivity contribution in [2.75, 3.05) is 51.4 Å². The molecule has 2 heterocycles. The van der Waals surface area contributed by atoms with Gasteiger partial charge in [0.2, 0.25) is 17.8 Å². The van der Waals surface area contributed by atoms with Gasteiger partial charge in [0.15, 0.2) is 0 Å². The number of piperazine rings is 1. The van der Waals surface area contributed by atoms with E-state index in [1.807, 2.05) is 19.0 Å². The van der Waals surface area contributed by atoms with Gasteiger partial charge in [0.05, 0.1) is 6.54 Å². The van der Waals surface area contributed by atoms with Crippen molar-refractivity contribution in [1.29, 1.82) is 0 Å². The number of hydrogen-bond acceptors (Lipinski definition) is 8. The second-order valence-electron chi connectivity index (χ2n) is 5.11. The highest BCUT2D eigenvalue weighted by Gasteiger charge is 2.28. The third-order valence-electron chi connectivity index (χ3n) is 3.34. The Morgan fingerprint density at radius 3 is 2.90 bits per heavy atom. The molecule has 1 amide bonds. The van der Waals surface area contributed by atoms with Gasteiger partial charge in [-0.25, -0.2) is 0 Å². The van der Waals surface area contributed by atoms with Crippen molar-refractivity contribution < 1.29 is 4.79 Å². The zero-order chi connectivity index (χ0) is 15.4. The largest absolute Gasteiger partial charge is 0.368 e. The monoisotopic (exact) mass is 294 g/mol. The maximum atomic E-state index is 11.9. The Kier molecular flexibility index (Phi) is 4.86. The first-order valence-corrected chi connectivity index (χ1v) is 6.85. The summed E-state index contributed by atoms with van der Waals surface area (Å²) >= 11 is 0. The van der Waals surface area contributed by atoms with E-state index in [9.17, 15) is 4.79 Å². The molecule has 9 heteroatoms. The molecule has 4 N–H and O–H groups in total. The van der Waals surface area contributed by atoms with E-state index in [0.717, 1.165) is 13.1 Å². The maximum absolute atomic E-state index is 11.9. The standard InChI is InChI=1S/C12H22N8O/c1-14-10(21)8-6-15-4-5-20(8)7-9-16-11(13)18-12(17-9)19(2)3/h8,15H,4-7H2,1-3H3,(H,14,21)(H2,13,16,17,18). The van der Waals surface area contributed by atoms with E-state index in [1.165, 1.54) is 0 Å². The summed E-state index contributed by atoms with van der Waals surface area (Å²) in [5, 5.41) is 5.90. The minimum atomic E-state index is -0.232. The summed E-state index contributed by atoms with van der Waals surface area (Å²) in [6.45, 7) is 2.66. The molecular formula is C12H22N8O. The summed E-state index contributed by atoms with van der Waals surface area (Å²) in [6.07, 6.45) is 0. The van der Waals surface area contributed by atoms with E-state index < -0.39 is 0 Å². The molecular weight excluding hydrogens is 272 g/mol. The van der Waals surface area contributed by atoms with Crippen LogP contribution in [0.5, 0.6) is 0 Å². The van der Waals surface area contributed by atoms with Crippen LogP contribution in [0.15, 0.2) is 0 Å². The van der Waals surface area contributed by atoms with Crippen LogP contribution in [0.25, 0.3) is 0 Å². The Morgan fingerprint density at radius 2 is 2.24 bits per heavy atom. The van der Waals surface area contributed by atoms with Crippen LogP contribution in [-0.2, 0) is 11.3 Å². The van der Waals surface area contributed by atoms with Crippen LogP contribution in [0.1, 0.15) is 5.82 Å². The summed E-state index contributed by atoms with van der Waals surface area (Å²) in [7, 11) is 5.33. The van der Waals surface area contributed by atoms with Gasteiger partial charge in [0.1, 0.15) is 11.9 Å². The molecule has 0 aliphatic carbocycles. The van der Waals surface area contributed by atoms with Crippen LogP contribution in [-0.4, -0.2) is 72.6 Å². The van der Waals surface area contributed by atoms with Crippen LogP contribution in [0.2, 0.25) is 0 Å². The second kappa shape index (κ2) is 6.64. The smallest absolute Gasteiger partial charge is 0.238 e. The minimum Gasteiger partial charge on any atom is -0.368 e. The molecule has 0 aromatic carbocycles. The van der Waals surface area contributed by atoms with E-state index in [4.69, 9.17) is 5.73 Å². The van der Waals surface area contributed by atoms with Crippen molar-refractivity contribution in [3.8, 4) is 0 Å². The molecule has 1 unspecified atom stereocenters. The highest BCUT2D eigenvalue weighted by Crippen LogP contribution is 2.11. The lowest BCUT2D eigenvalue weighted by molar-refractivity contribution is -0.126. The van der Waals surface area contributed by atoms with E-state index in [0.29, 0.717) is 24.9 Å². The van der Waals surface area contributed by atoms with Gasteiger partial charge in [-0.1, -0.05) is 0 Å². The zero-order valence-electron chi connectivity index (χ0n) is 12.6. The number of nitrogens with one attached hydrogen (secondary N) is 2. The number of likely N-dealkylation sites (N-methyl/N-ethyl adjacent to an activating group) is 1. The molecule has 0 saturated carbocycles. The molecule has 2 rings (SSSR count). The number of rotatable bonds is 4. The number of nitrogens with two attached hydrogens (primary N) is 1. The van der Waals surface area contributed by atoms with Crippen LogP contribution in [0, 0.1) is 0 Å². The number of carbonyl (C=O) groups excluding carboxylic acids is 1. The molecule has 1 aromatic rings. The minimum absolute atomic E-state index is 0.0166. The van der Waals surface area contributed by atoms with Gasteiger partial charge in [0.25, 0.3) is 0 Å². The number of nitrogens with zero attached hydrogens (tertiary/aromatic N) is 5. The van der Waals surface area contributed by atoms with E-state index in [1.54, 1.807) is 11.9 Å². The average Bonchev–Trinajstić information content (AvgIpc) is 2.46. The van der Waals surface area contributed by atoms with Gasteiger partial charge in [-0.05, 0) is 0 Å². The number of carbonyl (C=O) groups is 1. The molecule has 21 heavy (non-hydrogen) atoms. The molecule has 0 radical (unpaired) electrons. The summed E-state index contributed by atoms with van der Waals surface area (Å²) < 4.78 is 0. The molecule has 9 nitrogen and oxygen atoms in total. The summed E-state index contributed by atoms with van der Waals surface area (Å²) in [4.78, 5) is 28.4. The fourth-order valence-corrected chi connectivity index (χ4v) is 2.24. The molecule has 0 bridgehead atoms. The zero-order valence-corrected chi connectivity index (χ0v) is 12.6. The summed E-state index contributed by atoms with van der Waals surface area (Å²) in [6, 6.07) is -0.232. The lowest BCUT2D eigenvalue weighted by Gasteiger charge is -2.34. The number of nitrogen functional groups attached to an aromatic ring is 1. The molecule has 1 fully saturated rings. The Labute approximate surface area is 123 Å². The summed E-state index contributed by atoms with van der Waals surface area (Å²) in [5.74, 6) is 1.26. The van der Waals surface area contributed by atoms with E-state index in [2.05, 4.69) is 25.6 Å². The SMILES string of the molecule is CNC(=O)C1CNCCN1Cc1nc(N)nc(N(C)C)n1. The third kappa shape index (κ3) is 3.76. The van der Waals surface area contributed by atoms with Crippen molar-refractivity contribution in [1.82, 2.24) is 30.5 Å². The molecule has 116 valence electrons. The van der Waals surface area contributed by atoms with Crippen LogP contribution < -0.4 is 21.3 Å². The van der Waals surface area contributed by atoms with Gasteiger partial charge in [-0.15, -0.1) is 0 Å². The number of hydrogen-bond donors (Lipinski definition) is 3. The normalized spacial score (nSPS) is 19.3. The van der Waals surface area contributed by atoms with Gasteiger partial charge >= 0.3 is 0 Å². The quantitative estimate of drug-likeness (QED) is 0.587. The second-order valence-corrected chi connectivity index (χ2v) is 5.11. The fourth-order valence-electron chi connectivity index (χ4n) is 2.24. The highest BCUT2D eigenvalue weighted by molar-refractivity contribution is 5.81. The number of anilines is 2. The van der Waals surface area contributed by atoms with Crippen molar-refractivity contribution in [3.05, 3.63) is 5.82 Å². The van der Waals surface area contributed by atoms with Crippen LogP contribution in [0.4, 0.5) is 11.9 Å².